The van der Waals surface area contributed by atoms with E-state index in [0.717, 1.165) is 39.3 Å². The highest BCUT2D eigenvalue weighted by atomic mass is 35.5. The third-order valence-corrected chi connectivity index (χ3v) is 3.87. The number of hydrogen-bond donors (Lipinski definition) is 1. The number of nitrogens with one attached hydrogen (secondary N) is 1. The Morgan fingerprint density at radius 3 is 2.94 bits per heavy atom. The van der Waals surface area contributed by atoms with E-state index in [0.29, 0.717) is 0 Å². The number of aryl methyl sites for hydroxylation is 1. The monoisotopic (exact) mass is 267 g/mol. The molecule has 1 heterocycles. The van der Waals surface area contributed by atoms with E-state index >= 15 is 0 Å². The second kappa shape index (κ2) is 5.58. The van der Waals surface area contributed by atoms with Gasteiger partial charge in [0.25, 0.3) is 0 Å². The molecule has 2 rings (SSSR count). The van der Waals surface area contributed by atoms with Crippen LogP contribution in [0.15, 0.2) is 18.2 Å². The first-order chi connectivity index (χ1) is 8.22. The van der Waals surface area contributed by atoms with Gasteiger partial charge in [0.15, 0.2) is 0 Å². The van der Waals surface area contributed by atoms with E-state index in [9.17, 15) is 0 Å². The lowest BCUT2D eigenvalue weighted by molar-refractivity contribution is 0.715. The second-order valence-electron chi connectivity index (χ2n) is 3.72. The van der Waals surface area contributed by atoms with Crippen molar-refractivity contribution in [2.45, 2.75) is 20.4 Å². The molecule has 90 valence electrons. The number of halogens is 1. The second-order valence-corrected chi connectivity index (χ2v) is 5.16. The minimum Gasteiger partial charge on any atom is -0.311 e. The normalized spacial score (nSPS) is 10.8. The zero-order valence-corrected chi connectivity index (χ0v) is 11.4. The van der Waals surface area contributed by atoms with Crippen molar-refractivity contribution in [2.75, 3.05) is 6.54 Å². The van der Waals surface area contributed by atoms with E-state index < -0.39 is 0 Å². The Hall–Kier alpha value is -0.970. The molecule has 0 radical (unpaired) electrons. The van der Waals surface area contributed by atoms with Crippen LogP contribution in [0.5, 0.6) is 0 Å². The van der Waals surface area contributed by atoms with Crippen LogP contribution in [0.4, 0.5) is 0 Å². The van der Waals surface area contributed by atoms with Gasteiger partial charge in [-0.25, -0.2) is 0 Å². The highest BCUT2D eigenvalue weighted by Gasteiger charge is 2.10. The molecular formula is C12H14ClN3S. The van der Waals surface area contributed by atoms with Crippen LogP contribution in [0.1, 0.15) is 17.5 Å². The van der Waals surface area contributed by atoms with Gasteiger partial charge in [-0.3, -0.25) is 0 Å². The molecule has 17 heavy (non-hydrogen) atoms. The SMILES string of the molecule is CCNCc1nnc(-c2cccc(C)c2Cl)s1. The smallest absolute Gasteiger partial charge is 0.149 e. The van der Waals surface area contributed by atoms with Crippen LogP contribution in [0.2, 0.25) is 5.02 Å². The third-order valence-electron chi connectivity index (χ3n) is 2.42. The summed E-state index contributed by atoms with van der Waals surface area (Å²) in [6, 6.07) is 5.96. The van der Waals surface area contributed by atoms with Gasteiger partial charge in [-0.2, -0.15) is 0 Å². The average Bonchev–Trinajstić information content (AvgIpc) is 2.78. The Morgan fingerprint density at radius 1 is 1.35 bits per heavy atom. The minimum absolute atomic E-state index is 0.762. The quantitative estimate of drug-likeness (QED) is 0.924. The fourth-order valence-corrected chi connectivity index (χ4v) is 2.59. The summed E-state index contributed by atoms with van der Waals surface area (Å²) in [6.07, 6.45) is 0. The summed E-state index contributed by atoms with van der Waals surface area (Å²) in [5.41, 5.74) is 2.03. The van der Waals surface area contributed by atoms with E-state index in [-0.39, 0.29) is 0 Å². The molecule has 5 heteroatoms. The van der Waals surface area contributed by atoms with Crippen molar-refractivity contribution in [3.05, 3.63) is 33.8 Å². The number of aromatic nitrogens is 2. The van der Waals surface area contributed by atoms with Gasteiger partial charge < -0.3 is 5.32 Å². The Kier molecular flexibility index (Phi) is 4.10. The molecule has 1 aromatic heterocycles. The van der Waals surface area contributed by atoms with Crippen molar-refractivity contribution >= 4 is 22.9 Å². The van der Waals surface area contributed by atoms with Gasteiger partial charge in [0.05, 0.1) is 5.02 Å². The molecule has 0 aliphatic carbocycles. The maximum Gasteiger partial charge on any atom is 0.149 e. The maximum absolute atomic E-state index is 6.26. The maximum atomic E-state index is 6.26. The van der Waals surface area contributed by atoms with Gasteiger partial charge in [0.2, 0.25) is 0 Å². The van der Waals surface area contributed by atoms with E-state index in [1.54, 1.807) is 11.3 Å². The minimum atomic E-state index is 0.762. The van der Waals surface area contributed by atoms with Crippen LogP contribution in [-0.2, 0) is 6.54 Å². The Balaban J connectivity index is 2.27. The molecule has 0 atom stereocenters. The van der Waals surface area contributed by atoms with Crippen molar-refractivity contribution in [1.82, 2.24) is 15.5 Å². The highest BCUT2D eigenvalue weighted by molar-refractivity contribution is 7.14. The summed E-state index contributed by atoms with van der Waals surface area (Å²) in [7, 11) is 0. The average molecular weight is 268 g/mol. The van der Waals surface area contributed by atoms with Crippen molar-refractivity contribution in [1.29, 1.82) is 0 Å². The Morgan fingerprint density at radius 2 is 2.18 bits per heavy atom. The summed E-state index contributed by atoms with van der Waals surface area (Å²) in [6.45, 7) is 5.75. The zero-order chi connectivity index (χ0) is 12.3. The Labute approximate surface area is 110 Å². The van der Waals surface area contributed by atoms with E-state index in [1.807, 2.05) is 25.1 Å². The standard InChI is InChI=1S/C12H14ClN3S/c1-3-14-7-10-15-16-12(17-10)9-6-4-5-8(2)11(9)13/h4-6,14H,3,7H2,1-2H3. The van der Waals surface area contributed by atoms with Crippen LogP contribution in [-0.4, -0.2) is 16.7 Å². The molecule has 3 nitrogen and oxygen atoms in total. The zero-order valence-electron chi connectivity index (χ0n) is 9.83. The fourth-order valence-electron chi connectivity index (χ4n) is 1.48. The first-order valence-corrected chi connectivity index (χ1v) is 6.70. The molecule has 0 saturated heterocycles. The van der Waals surface area contributed by atoms with Gasteiger partial charge in [-0.05, 0) is 19.0 Å². The molecule has 0 fully saturated rings. The molecule has 0 aliphatic rings. The first-order valence-electron chi connectivity index (χ1n) is 5.51. The third kappa shape index (κ3) is 2.83. The van der Waals surface area contributed by atoms with Crippen molar-refractivity contribution in [2.24, 2.45) is 0 Å². The summed E-state index contributed by atoms with van der Waals surface area (Å²) in [5, 5.41) is 14.2. The Bertz CT molecular complexity index is 510. The van der Waals surface area contributed by atoms with Crippen LogP contribution in [0.3, 0.4) is 0 Å². The summed E-state index contributed by atoms with van der Waals surface area (Å²) in [4.78, 5) is 0. The van der Waals surface area contributed by atoms with Gasteiger partial charge in [-0.15, -0.1) is 10.2 Å². The molecule has 1 N–H and O–H groups in total. The van der Waals surface area contributed by atoms with Crippen LogP contribution in [0.25, 0.3) is 10.6 Å². The molecule has 0 amide bonds. The fraction of sp³-hybridized carbons (Fsp3) is 0.333. The first kappa shape index (κ1) is 12.5. The predicted octanol–water partition coefficient (Wildman–Crippen LogP) is 3.28. The summed E-state index contributed by atoms with van der Waals surface area (Å²) in [5.74, 6) is 0. The molecular weight excluding hydrogens is 254 g/mol. The van der Waals surface area contributed by atoms with Crippen molar-refractivity contribution in [3.8, 4) is 10.6 Å². The predicted molar refractivity (Wildman–Crippen MR) is 72.5 cm³/mol. The molecule has 2 aromatic rings. The van der Waals surface area contributed by atoms with Crippen LogP contribution in [0, 0.1) is 6.92 Å². The van der Waals surface area contributed by atoms with Crippen molar-refractivity contribution in [3.63, 3.8) is 0 Å². The van der Waals surface area contributed by atoms with Gasteiger partial charge >= 0.3 is 0 Å². The summed E-state index contributed by atoms with van der Waals surface area (Å²) >= 11 is 7.84. The molecule has 0 unspecified atom stereocenters. The molecule has 0 spiro atoms. The molecule has 0 saturated carbocycles. The van der Waals surface area contributed by atoms with Crippen LogP contribution < -0.4 is 5.32 Å². The lowest BCUT2D eigenvalue weighted by atomic mass is 10.1. The van der Waals surface area contributed by atoms with E-state index in [4.69, 9.17) is 11.6 Å². The topological polar surface area (TPSA) is 37.8 Å². The van der Waals surface area contributed by atoms with Gasteiger partial charge in [-0.1, -0.05) is 48.1 Å². The number of nitrogens with zero attached hydrogens (tertiary/aromatic N) is 2. The largest absolute Gasteiger partial charge is 0.311 e. The van der Waals surface area contributed by atoms with E-state index in [2.05, 4.69) is 22.4 Å². The number of hydrogen-bond acceptors (Lipinski definition) is 4. The van der Waals surface area contributed by atoms with Crippen LogP contribution >= 0.6 is 22.9 Å². The van der Waals surface area contributed by atoms with Gasteiger partial charge in [0, 0.05) is 12.1 Å². The molecule has 0 aliphatic heterocycles. The number of benzene rings is 1. The highest BCUT2D eigenvalue weighted by Crippen LogP contribution is 2.32. The number of rotatable bonds is 4. The summed E-state index contributed by atoms with van der Waals surface area (Å²) < 4.78 is 0. The lowest BCUT2D eigenvalue weighted by Gasteiger charge is -2.02. The molecule has 1 aromatic carbocycles. The van der Waals surface area contributed by atoms with E-state index in [1.165, 1.54) is 0 Å². The van der Waals surface area contributed by atoms with Gasteiger partial charge in [0.1, 0.15) is 10.0 Å². The van der Waals surface area contributed by atoms with Crippen molar-refractivity contribution < 1.29 is 0 Å². The lowest BCUT2D eigenvalue weighted by Crippen LogP contribution is -2.11. The molecule has 0 bridgehead atoms.